The van der Waals surface area contributed by atoms with Crippen molar-refractivity contribution in [3.05, 3.63) is 46.3 Å². The van der Waals surface area contributed by atoms with Crippen molar-refractivity contribution in [2.24, 2.45) is 0 Å². The van der Waals surface area contributed by atoms with Crippen LogP contribution in [0.4, 0.5) is 33.3 Å². The average Bonchev–Trinajstić information content (AvgIpc) is 3.01. The Bertz CT molecular complexity index is 837. The molecule has 0 aliphatic carbocycles. The molecule has 2 rings (SSSR count). The minimum Gasteiger partial charge on any atom is -0.487 e. The molecule has 0 spiro atoms. The van der Waals surface area contributed by atoms with Gasteiger partial charge in [-0.25, -0.2) is 8.78 Å². The number of hydrogen-bond acceptors (Lipinski definition) is 5. The van der Waals surface area contributed by atoms with Gasteiger partial charge in [-0.3, -0.25) is 19.6 Å². The Morgan fingerprint density at radius 3 is 2.59 bits per heavy atom. The molecule has 0 aliphatic heterocycles. The number of carbonyl (C=O) groups excluding carboxylic acids is 1. The highest BCUT2D eigenvalue weighted by atomic mass is 19.4. The summed E-state index contributed by atoms with van der Waals surface area (Å²) < 4.78 is 67.2. The molecule has 0 aliphatic rings. The smallest absolute Gasteiger partial charge is 0.435 e. The highest BCUT2D eigenvalue weighted by Gasteiger charge is 2.33. The Hall–Kier alpha value is -3.25. The molecule has 1 heterocycles. The number of halogens is 5. The van der Waals surface area contributed by atoms with Gasteiger partial charge >= 0.3 is 6.18 Å². The average molecular weight is 394 g/mol. The van der Waals surface area contributed by atoms with E-state index in [-0.39, 0.29) is 11.4 Å². The largest absolute Gasteiger partial charge is 0.487 e. The van der Waals surface area contributed by atoms with Crippen LogP contribution in [0.5, 0.6) is 5.75 Å². The quantitative estimate of drug-likeness (QED) is 0.442. The van der Waals surface area contributed by atoms with Gasteiger partial charge in [0, 0.05) is 18.3 Å². The maximum absolute atomic E-state index is 12.5. The zero-order valence-corrected chi connectivity index (χ0v) is 13.2. The molecule has 2 aromatic rings. The maximum atomic E-state index is 12.5. The van der Waals surface area contributed by atoms with Crippen LogP contribution in [0, 0.1) is 10.1 Å². The van der Waals surface area contributed by atoms with Crippen LogP contribution in [0.3, 0.4) is 0 Å². The van der Waals surface area contributed by atoms with Gasteiger partial charge < -0.3 is 10.1 Å². The Morgan fingerprint density at radius 1 is 1.33 bits per heavy atom. The molecule has 1 amide bonds. The van der Waals surface area contributed by atoms with Gasteiger partial charge in [-0.15, -0.1) is 0 Å². The van der Waals surface area contributed by atoms with Gasteiger partial charge in [0.25, 0.3) is 12.1 Å². The number of rotatable bonds is 7. The van der Waals surface area contributed by atoms with Gasteiger partial charge in [0.2, 0.25) is 5.91 Å². The fraction of sp³-hybridized carbons (Fsp3) is 0.286. The normalized spacial score (nSPS) is 11.5. The number of carbonyl (C=O) groups is 1. The molecule has 0 saturated carbocycles. The second kappa shape index (κ2) is 7.97. The van der Waals surface area contributed by atoms with Gasteiger partial charge in [0.05, 0.1) is 16.7 Å². The minimum absolute atomic E-state index is 0.151. The van der Waals surface area contributed by atoms with E-state index in [0.717, 1.165) is 29.1 Å². The first-order chi connectivity index (χ1) is 12.5. The molecular weight excluding hydrogens is 383 g/mol. The van der Waals surface area contributed by atoms with Crippen LogP contribution >= 0.6 is 0 Å². The summed E-state index contributed by atoms with van der Waals surface area (Å²) in [5.41, 5.74) is -1.87. The van der Waals surface area contributed by atoms with Crippen molar-refractivity contribution in [1.82, 2.24) is 9.78 Å². The van der Waals surface area contributed by atoms with E-state index < -0.39 is 48.0 Å². The van der Waals surface area contributed by atoms with E-state index in [9.17, 15) is 36.9 Å². The predicted molar refractivity (Wildman–Crippen MR) is 80.5 cm³/mol. The fourth-order valence-corrected chi connectivity index (χ4v) is 1.95. The van der Waals surface area contributed by atoms with Gasteiger partial charge in [-0.2, -0.15) is 18.3 Å². The molecule has 1 N–H and O–H groups in total. The lowest BCUT2D eigenvalue weighted by molar-refractivity contribution is -0.384. The number of alkyl halides is 5. The first kappa shape index (κ1) is 20.1. The zero-order valence-electron chi connectivity index (χ0n) is 13.2. The molecule has 0 fully saturated rings. The van der Waals surface area contributed by atoms with Crippen molar-refractivity contribution in [2.75, 3.05) is 11.9 Å². The van der Waals surface area contributed by atoms with Gasteiger partial charge in [-0.1, -0.05) is 0 Å². The van der Waals surface area contributed by atoms with E-state index in [1.165, 1.54) is 0 Å². The standard InChI is InChI=1S/C14H11F5N4O4/c15-12(16)7-27-10-4-8(3-9(5-10)23(25)26)20-13(24)6-22-2-1-11(21-22)14(17,18)19/h1-5,12H,6-7H2,(H,20,24). The lowest BCUT2D eigenvalue weighted by Crippen LogP contribution is -2.20. The van der Waals surface area contributed by atoms with E-state index in [0.29, 0.717) is 6.07 Å². The van der Waals surface area contributed by atoms with Crippen LogP contribution in [-0.2, 0) is 17.5 Å². The second-order valence-corrected chi connectivity index (χ2v) is 5.12. The first-order valence-corrected chi connectivity index (χ1v) is 7.15. The molecule has 27 heavy (non-hydrogen) atoms. The number of ether oxygens (including phenoxy) is 1. The van der Waals surface area contributed by atoms with Crippen LogP contribution in [0.25, 0.3) is 0 Å². The summed E-state index contributed by atoms with van der Waals surface area (Å²) in [7, 11) is 0. The Balaban J connectivity index is 2.11. The number of nitrogens with zero attached hydrogens (tertiary/aromatic N) is 3. The third kappa shape index (κ3) is 5.90. The summed E-state index contributed by atoms with van der Waals surface area (Å²) in [6.45, 7) is -1.62. The first-order valence-electron chi connectivity index (χ1n) is 7.15. The van der Waals surface area contributed by atoms with Crippen molar-refractivity contribution in [3.63, 3.8) is 0 Å². The van der Waals surface area contributed by atoms with Gasteiger partial charge in [0.15, 0.2) is 5.69 Å². The molecule has 1 aromatic heterocycles. The lowest BCUT2D eigenvalue weighted by atomic mass is 10.2. The molecule has 13 heteroatoms. The Labute approximate surface area is 147 Å². The van der Waals surface area contributed by atoms with Crippen LogP contribution in [-0.4, -0.2) is 33.6 Å². The van der Waals surface area contributed by atoms with Crippen molar-refractivity contribution in [1.29, 1.82) is 0 Å². The molecule has 0 radical (unpaired) electrons. The van der Waals surface area contributed by atoms with Gasteiger partial charge in [0.1, 0.15) is 18.9 Å². The maximum Gasteiger partial charge on any atom is 0.435 e. The highest BCUT2D eigenvalue weighted by Crippen LogP contribution is 2.28. The van der Waals surface area contributed by atoms with Crippen LogP contribution < -0.4 is 10.1 Å². The molecular formula is C14H11F5N4O4. The number of non-ortho nitro benzene ring substituents is 1. The third-order valence-electron chi connectivity index (χ3n) is 3.00. The van der Waals surface area contributed by atoms with Gasteiger partial charge in [-0.05, 0) is 6.07 Å². The van der Waals surface area contributed by atoms with Crippen molar-refractivity contribution in [2.45, 2.75) is 19.1 Å². The number of benzene rings is 1. The monoisotopic (exact) mass is 394 g/mol. The zero-order chi connectivity index (χ0) is 20.2. The van der Waals surface area contributed by atoms with Crippen LogP contribution in [0.1, 0.15) is 5.69 Å². The molecule has 0 bridgehead atoms. The number of hydrogen-bond donors (Lipinski definition) is 1. The number of aromatic nitrogens is 2. The van der Waals surface area contributed by atoms with Crippen molar-refractivity contribution in [3.8, 4) is 5.75 Å². The Morgan fingerprint density at radius 2 is 2.04 bits per heavy atom. The van der Waals surface area contributed by atoms with E-state index >= 15 is 0 Å². The van der Waals surface area contributed by atoms with E-state index in [1.807, 2.05) is 0 Å². The van der Waals surface area contributed by atoms with E-state index in [4.69, 9.17) is 4.74 Å². The van der Waals surface area contributed by atoms with E-state index in [1.54, 1.807) is 0 Å². The summed E-state index contributed by atoms with van der Waals surface area (Å²) in [6, 6.07) is 3.58. The third-order valence-corrected chi connectivity index (χ3v) is 3.00. The molecule has 1 aromatic carbocycles. The molecule has 8 nitrogen and oxygen atoms in total. The summed E-state index contributed by atoms with van der Waals surface area (Å²) >= 11 is 0. The van der Waals surface area contributed by atoms with Crippen molar-refractivity contribution < 1.29 is 36.4 Å². The highest BCUT2D eigenvalue weighted by molar-refractivity contribution is 5.91. The topological polar surface area (TPSA) is 99.3 Å². The van der Waals surface area contributed by atoms with Crippen LogP contribution in [0.2, 0.25) is 0 Å². The lowest BCUT2D eigenvalue weighted by Gasteiger charge is -2.09. The fourth-order valence-electron chi connectivity index (χ4n) is 1.95. The molecule has 0 atom stereocenters. The summed E-state index contributed by atoms with van der Waals surface area (Å²) in [5, 5.41) is 16.3. The second-order valence-electron chi connectivity index (χ2n) is 5.12. The van der Waals surface area contributed by atoms with Crippen molar-refractivity contribution >= 4 is 17.3 Å². The Kier molecular flexibility index (Phi) is 5.92. The summed E-state index contributed by atoms with van der Waals surface area (Å²) in [4.78, 5) is 22.0. The SMILES string of the molecule is O=C(Cn1ccc(C(F)(F)F)n1)Nc1cc(OCC(F)F)cc([N+](=O)[O-])c1. The molecule has 0 saturated heterocycles. The number of nitrogens with one attached hydrogen (secondary N) is 1. The minimum atomic E-state index is -4.67. The predicted octanol–water partition coefficient (Wildman–Crippen LogP) is 3.09. The van der Waals surface area contributed by atoms with Crippen LogP contribution in [0.15, 0.2) is 30.5 Å². The number of nitro groups is 1. The molecule has 0 unspecified atom stereocenters. The summed E-state index contributed by atoms with van der Waals surface area (Å²) in [5.74, 6) is -1.12. The number of amides is 1. The number of anilines is 1. The summed E-state index contributed by atoms with van der Waals surface area (Å²) in [6.07, 6.45) is -6.55. The number of nitro benzene ring substituents is 1. The van der Waals surface area contributed by atoms with E-state index in [2.05, 4.69) is 10.4 Å². The molecule has 146 valence electrons.